The van der Waals surface area contributed by atoms with Gasteiger partial charge in [0.1, 0.15) is 0 Å². The van der Waals surface area contributed by atoms with Crippen molar-refractivity contribution in [2.75, 3.05) is 33.4 Å². The fourth-order valence-corrected chi connectivity index (χ4v) is 5.31. The summed E-state index contributed by atoms with van der Waals surface area (Å²) in [6.07, 6.45) is 5.31. The first-order chi connectivity index (χ1) is 18.3. The number of sulfonamides is 1. The average molecular weight is 603 g/mol. The number of halogens is 1. The van der Waals surface area contributed by atoms with Gasteiger partial charge in [-0.1, -0.05) is 71.7 Å². The highest BCUT2D eigenvalue weighted by atomic mass is 79.9. The Bertz CT molecular complexity index is 1270. The van der Waals surface area contributed by atoms with E-state index in [9.17, 15) is 13.2 Å². The van der Waals surface area contributed by atoms with Crippen LogP contribution in [0.1, 0.15) is 36.6 Å². The number of amides is 1. The third-order valence-electron chi connectivity index (χ3n) is 6.13. The summed E-state index contributed by atoms with van der Waals surface area (Å²) in [5.41, 5.74) is 2.91. The summed E-state index contributed by atoms with van der Waals surface area (Å²) in [4.78, 5) is 15.3. The number of hydrogen-bond acceptors (Lipinski definition) is 4. The van der Waals surface area contributed by atoms with Crippen molar-refractivity contribution in [2.45, 2.75) is 32.9 Å². The standard InChI is InChI=1S/C29H36BrN3O4S/c1-3-4-17-32(23-28-11-8-18-31(28)22-26-12-14-27(30)15-13-26)29(34)24-33(19-20-37-2)38(35,36)21-16-25-9-6-5-7-10-25/h5-16,18,21H,3-4,17,19-20,22-24H2,1-2H3/b21-16+. The van der Waals surface area contributed by atoms with Crippen LogP contribution < -0.4 is 0 Å². The lowest BCUT2D eigenvalue weighted by Gasteiger charge is -2.27. The quantitative estimate of drug-likeness (QED) is 0.234. The molecule has 0 fully saturated rings. The first-order valence-electron chi connectivity index (χ1n) is 12.7. The van der Waals surface area contributed by atoms with E-state index in [0.29, 0.717) is 19.6 Å². The SMILES string of the molecule is CCCCN(Cc1cccn1Cc1ccc(Br)cc1)C(=O)CN(CCOC)S(=O)(=O)/C=C/c1ccccc1. The summed E-state index contributed by atoms with van der Waals surface area (Å²) in [6.45, 7) is 3.74. The molecule has 0 atom stereocenters. The monoisotopic (exact) mass is 601 g/mol. The third-order valence-corrected chi connectivity index (χ3v) is 8.17. The van der Waals surface area contributed by atoms with Gasteiger partial charge in [0, 0.05) is 48.5 Å². The molecule has 2 aromatic carbocycles. The van der Waals surface area contributed by atoms with E-state index in [2.05, 4.69) is 39.6 Å². The van der Waals surface area contributed by atoms with Crippen LogP contribution in [0.2, 0.25) is 0 Å². The highest BCUT2D eigenvalue weighted by Gasteiger charge is 2.25. The smallest absolute Gasteiger partial charge is 0.238 e. The molecule has 38 heavy (non-hydrogen) atoms. The summed E-state index contributed by atoms with van der Waals surface area (Å²) >= 11 is 3.47. The van der Waals surface area contributed by atoms with Crippen LogP contribution in [0.5, 0.6) is 0 Å². The van der Waals surface area contributed by atoms with Gasteiger partial charge in [0.25, 0.3) is 0 Å². The lowest BCUT2D eigenvalue weighted by atomic mass is 10.2. The molecule has 1 aromatic heterocycles. The van der Waals surface area contributed by atoms with Crippen LogP contribution in [-0.2, 0) is 32.6 Å². The molecule has 0 aliphatic rings. The number of rotatable bonds is 15. The Labute approximate surface area is 234 Å². The van der Waals surface area contributed by atoms with E-state index in [1.54, 1.807) is 11.0 Å². The predicted octanol–water partition coefficient (Wildman–Crippen LogP) is 5.38. The van der Waals surface area contributed by atoms with Gasteiger partial charge in [0.15, 0.2) is 0 Å². The Hall–Kier alpha value is -2.72. The second kappa shape index (κ2) is 15.0. The molecule has 0 aliphatic heterocycles. The van der Waals surface area contributed by atoms with Crippen LogP contribution in [0.4, 0.5) is 0 Å². The van der Waals surface area contributed by atoms with Crippen molar-refractivity contribution < 1.29 is 17.9 Å². The number of methoxy groups -OCH3 is 1. The van der Waals surface area contributed by atoms with Gasteiger partial charge in [-0.25, -0.2) is 8.42 Å². The van der Waals surface area contributed by atoms with Gasteiger partial charge in [-0.05, 0) is 47.9 Å². The second-order valence-corrected chi connectivity index (χ2v) is 11.7. The molecular formula is C29H36BrN3O4S. The van der Waals surface area contributed by atoms with Crippen molar-refractivity contribution in [2.24, 2.45) is 0 Å². The Morgan fingerprint density at radius 2 is 1.76 bits per heavy atom. The molecule has 7 nitrogen and oxygen atoms in total. The lowest BCUT2D eigenvalue weighted by molar-refractivity contribution is -0.132. The molecule has 0 N–H and O–H groups in total. The number of ether oxygens (including phenoxy) is 1. The molecular weight excluding hydrogens is 566 g/mol. The number of benzene rings is 2. The van der Waals surface area contributed by atoms with Gasteiger partial charge in [-0.2, -0.15) is 4.31 Å². The minimum absolute atomic E-state index is 0.0886. The van der Waals surface area contributed by atoms with Crippen LogP contribution in [0.3, 0.4) is 0 Å². The minimum Gasteiger partial charge on any atom is -0.383 e. The van der Waals surface area contributed by atoms with Gasteiger partial charge in [-0.15, -0.1) is 0 Å². The molecule has 0 saturated carbocycles. The number of carbonyl (C=O) groups excluding carboxylic acids is 1. The number of hydrogen-bond donors (Lipinski definition) is 0. The largest absolute Gasteiger partial charge is 0.383 e. The fourth-order valence-electron chi connectivity index (χ4n) is 3.93. The summed E-state index contributed by atoms with van der Waals surface area (Å²) in [6, 6.07) is 21.3. The van der Waals surface area contributed by atoms with Crippen molar-refractivity contribution >= 4 is 37.9 Å². The molecule has 0 aliphatic carbocycles. The summed E-state index contributed by atoms with van der Waals surface area (Å²) < 4.78 is 35.9. The Balaban J connectivity index is 1.76. The van der Waals surface area contributed by atoms with Crippen LogP contribution in [0.25, 0.3) is 6.08 Å². The molecule has 3 rings (SSSR count). The maximum Gasteiger partial charge on any atom is 0.238 e. The zero-order valence-corrected chi connectivity index (χ0v) is 24.4. The number of nitrogens with zero attached hydrogens (tertiary/aromatic N) is 3. The summed E-state index contributed by atoms with van der Waals surface area (Å²) in [7, 11) is -2.33. The molecule has 0 spiro atoms. The van der Waals surface area contributed by atoms with Crippen molar-refractivity contribution in [3.8, 4) is 0 Å². The molecule has 0 radical (unpaired) electrons. The molecule has 3 aromatic rings. The molecule has 0 unspecified atom stereocenters. The molecule has 0 saturated heterocycles. The van der Waals surface area contributed by atoms with E-state index >= 15 is 0 Å². The first kappa shape index (κ1) is 29.8. The third kappa shape index (κ3) is 9.23. The zero-order chi connectivity index (χ0) is 27.4. The van der Waals surface area contributed by atoms with Crippen molar-refractivity contribution in [1.29, 1.82) is 0 Å². The molecule has 0 bridgehead atoms. The number of aromatic nitrogens is 1. The normalized spacial score (nSPS) is 11.9. The molecule has 1 amide bonds. The Morgan fingerprint density at radius 3 is 2.45 bits per heavy atom. The second-order valence-electron chi connectivity index (χ2n) is 9.01. The highest BCUT2D eigenvalue weighted by molar-refractivity contribution is 9.10. The Morgan fingerprint density at radius 1 is 1.03 bits per heavy atom. The zero-order valence-electron chi connectivity index (χ0n) is 22.0. The fraction of sp³-hybridized carbons (Fsp3) is 0.345. The van der Waals surface area contributed by atoms with Gasteiger partial charge in [0.05, 0.1) is 19.7 Å². The Kier molecular flexibility index (Phi) is 11.8. The van der Waals surface area contributed by atoms with Crippen molar-refractivity contribution in [3.05, 3.63) is 99.6 Å². The van der Waals surface area contributed by atoms with E-state index in [1.165, 1.54) is 11.4 Å². The predicted molar refractivity (Wildman–Crippen MR) is 156 cm³/mol. The van der Waals surface area contributed by atoms with Crippen molar-refractivity contribution in [3.63, 3.8) is 0 Å². The number of carbonyl (C=O) groups is 1. The van der Waals surface area contributed by atoms with Gasteiger partial charge in [-0.3, -0.25) is 4.79 Å². The van der Waals surface area contributed by atoms with Gasteiger partial charge >= 0.3 is 0 Å². The van der Waals surface area contributed by atoms with Crippen LogP contribution in [0.15, 0.2) is 82.8 Å². The summed E-state index contributed by atoms with van der Waals surface area (Å²) in [5.74, 6) is -0.234. The van der Waals surface area contributed by atoms with Crippen LogP contribution in [-0.4, -0.2) is 61.4 Å². The van der Waals surface area contributed by atoms with Crippen molar-refractivity contribution in [1.82, 2.24) is 13.8 Å². The topological polar surface area (TPSA) is 71.9 Å². The van der Waals surface area contributed by atoms with E-state index in [1.807, 2.05) is 60.8 Å². The summed E-state index contributed by atoms with van der Waals surface area (Å²) in [5, 5.41) is 1.16. The van der Waals surface area contributed by atoms with Crippen LogP contribution >= 0.6 is 15.9 Å². The average Bonchev–Trinajstić information content (AvgIpc) is 3.35. The maximum absolute atomic E-state index is 13.5. The van der Waals surface area contributed by atoms with E-state index in [0.717, 1.165) is 39.5 Å². The highest BCUT2D eigenvalue weighted by Crippen LogP contribution is 2.16. The maximum atomic E-state index is 13.5. The first-order valence-corrected chi connectivity index (χ1v) is 15.0. The van der Waals surface area contributed by atoms with E-state index in [-0.39, 0.29) is 25.6 Å². The molecule has 204 valence electrons. The molecule has 1 heterocycles. The van der Waals surface area contributed by atoms with E-state index in [4.69, 9.17) is 4.74 Å². The minimum atomic E-state index is -3.84. The number of unbranched alkanes of at least 4 members (excludes halogenated alkanes) is 1. The lowest BCUT2D eigenvalue weighted by Crippen LogP contribution is -2.43. The molecule has 9 heteroatoms. The van der Waals surface area contributed by atoms with E-state index < -0.39 is 10.0 Å². The van der Waals surface area contributed by atoms with Crippen LogP contribution in [0, 0.1) is 0 Å². The van der Waals surface area contributed by atoms with Gasteiger partial charge in [0.2, 0.25) is 15.9 Å². The van der Waals surface area contributed by atoms with Gasteiger partial charge < -0.3 is 14.2 Å².